The fourth-order valence-corrected chi connectivity index (χ4v) is 2.73. The van der Waals surface area contributed by atoms with Gasteiger partial charge in [-0.25, -0.2) is 4.39 Å². The first-order chi connectivity index (χ1) is 10.1. The summed E-state index contributed by atoms with van der Waals surface area (Å²) in [7, 11) is 1.82. The highest BCUT2D eigenvalue weighted by Gasteiger charge is 2.23. The topological polar surface area (TPSA) is 22.0 Å². The molecule has 21 heavy (non-hydrogen) atoms. The van der Waals surface area contributed by atoms with Crippen LogP contribution < -0.4 is 0 Å². The molecule has 2 aromatic carbocycles. The van der Waals surface area contributed by atoms with Crippen LogP contribution in [0.4, 0.5) is 4.39 Å². The van der Waals surface area contributed by atoms with Crippen molar-refractivity contribution >= 4 is 28.3 Å². The largest absolute Gasteiger partial charge is 0.350 e. The Morgan fingerprint density at radius 3 is 2.62 bits per heavy atom. The summed E-state index contributed by atoms with van der Waals surface area (Å²) in [5.41, 5.74) is 1.98. The summed E-state index contributed by atoms with van der Waals surface area (Å²) in [5.74, 6) is -0.590. The van der Waals surface area contributed by atoms with Crippen molar-refractivity contribution in [3.05, 3.63) is 71.7 Å². The number of nitrogens with zero attached hydrogens (tertiary/aromatic N) is 1. The second kappa shape index (κ2) is 5.34. The molecule has 4 heteroatoms. The normalized spacial score (nSPS) is 12.5. The molecule has 1 aromatic heterocycles. The summed E-state index contributed by atoms with van der Waals surface area (Å²) in [6, 6.07) is 13.6. The smallest absolute Gasteiger partial charge is 0.187 e. The van der Waals surface area contributed by atoms with Crippen molar-refractivity contribution in [2.24, 2.45) is 7.05 Å². The Bertz CT molecular complexity index is 810. The number of aromatic nitrogens is 1. The minimum atomic E-state index is -0.778. The first-order valence-electron chi connectivity index (χ1n) is 6.56. The number of alkyl halides is 1. The lowest BCUT2D eigenvalue weighted by Gasteiger charge is -2.08. The number of benzene rings is 2. The highest BCUT2D eigenvalue weighted by molar-refractivity contribution is 6.35. The van der Waals surface area contributed by atoms with Crippen LogP contribution in [0.15, 0.2) is 54.7 Å². The number of Topliss-reactive ketones (excluding diaryl/α,β-unsaturated/α-hetero) is 1. The number of aryl methyl sites for hydroxylation is 1. The molecule has 0 aliphatic heterocycles. The lowest BCUT2D eigenvalue weighted by Crippen LogP contribution is -2.07. The Morgan fingerprint density at radius 2 is 1.90 bits per heavy atom. The van der Waals surface area contributed by atoms with Crippen LogP contribution in [0, 0.1) is 5.82 Å². The third-order valence-electron chi connectivity index (χ3n) is 3.54. The molecule has 0 fully saturated rings. The van der Waals surface area contributed by atoms with Gasteiger partial charge in [-0.2, -0.15) is 0 Å². The number of hydrogen-bond donors (Lipinski definition) is 0. The first kappa shape index (κ1) is 13.8. The summed E-state index contributed by atoms with van der Waals surface area (Å²) in [6.45, 7) is 0. The molecule has 0 aliphatic carbocycles. The lowest BCUT2D eigenvalue weighted by atomic mass is 10.0. The number of hydrogen-bond acceptors (Lipinski definition) is 1. The molecule has 0 spiro atoms. The SMILES string of the molecule is Cn1cc(C(=O)C(Cl)c2ccccc2)c2cc(F)ccc21. The van der Waals surface area contributed by atoms with Gasteiger partial charge in [0.2, 0.25) is 0 Å². The van der Waals surface area contributed by atoms with E-state index >= 15 is 0 Å². The molecule has 0 N–H and O–H groups in total. The molecule has 3 aromatic rings. The molecule has 106 valence electrons. The van der Waals surface area contributed by atoms with Crippen molar-refractivity contribution in [1.82, 2.24) is 4.57 Å². The molecule has 0 aliphatic rings. The van der Waals surface area contributed by atoms with Gasteiger partial charge < -0.3 is 4.57 Å². The van der Waals surface area contributed by atoms with Gasteiger partial charge in [0.25, 0.3) is 0 Å². The van der Waals surface area contributed by atoms with E-state index in [-0.39, 0.29) is 11.6 Å². The van der Waals surface area contributed by atoms with E-state index in [1.807, 2.05) is 25.2 Å². The molecular weight excluding hydrogens is 289 g/mol. The van der Waals surface area contributed by atoms with Gasteiger partial charge in [0, 0.05) is 29.7 Å². The Hall–Kier alpha value is -2.13. The van der Waals surface area contributed by atoms with E-state index in [1.165, 1.54) is 12.1 Å². The highest BCUT2D eigenvalue weighted by Crippen LogP contribution is 2.30. The predicted octanol–water partition coefficient (Wildman–Crippen LogP) is 4.48. The number of carbonyl (C=O) groups is 1. The Kier molecular flexibility index (Phi) is 3.52. The van der Waals surface area contributed by atoms with Crippen molar-refractivity contribution in [2.45, 2.75) is 5.38 Å². The fraction of sp³-hybridized carbons (Fsp3) is 0.118. The summed E-state index contributed by atoms with van der Waals surface area (Å²) in [6.07, 6.45) is 1.70. The molecule has 0 amide bonds. The minimum Gasteiger partial charge on any atom is -0.350 e. The predicted molar refractivity (Wildman–Crippen MR) is 82.2 cm³/mol. The van der Waals surface area contributed by atoms with Crippen LogP contribution in [0.5, 0.6) is 0 Å². The van der Waals surface area contributed by atoms with E-state index in [2.05, 4.69) is 0 Å². The average Bonchev–Trinajstić information content (AvgIpc) is 2.83. The van der Waals surface area contributed by atoms with Crippen LogP contribution in [0.2, 0.25) is 0 Å². The van der Waals surface area contributed by atoms with Gasteiger partial charge >= 0.3 is 0 Å². The van der Waals surface area contributed by atoms with Gasteiger partial charge in [0.05, 0.1) is 0 Å². The molecule has 1 unspecified atom stereocenters. The summed E-state index contributed by atoms with van der Waals surface area (Å²) in [4.78, 5) is 12.6. The monoisotopic (exact) mass is 301 g/mol. The van der Waals surface area contributed by atoms with Crippen molar-refractivity contribution in [2.75, 3.05) is 0 Å². The van der Waals surface area contributed by atoms with Crippen LogP contribution >= 0.6 is 11.6 Å². The standard InChI is InChI=1S/C17H13ClFNO/c1-20-10-14(13-9-12(19)7-8-15(13)20)17(21)16(18)11-5-3-2-4-6-11/h2-10,16H,1H3. The van der Waals surface area contributed by atoms with Gasteiger partial charge in [-0.3, -0.25) is 4.79 Å². The summed E-state index contributed by atoms with van der Waals surface area (Å²) >= 11 is 6.29. The molecule has 2 nitrogen and oxygen atoms in total. The van der Waals surface area contributed by atoms with E-state index in [4.69, 9.17) is 11.6 Å². The van der Waals surface area contributed by atoms with Crippen LogP contribution in [0.25, 0.3) is 10.9 Å². The quantitative estimate of drug-likeness (QED) is 0.516. The lowest BCUT2D eigenvalue weighted by molar-refractivity contribution is 0.0988. The van der Waals surface area contributed by atoms with Crippen LogP contribution in [0.3, 0.4) is 0 Å². The maximum Gasteiger partial charge on any atom is 0.187 e. The molecule has 3 rings (SSSR count). The first-order valence-corrected chi connectivity index (χ1v) is 6.99. The molecule has 0 bridgehead atoms. The van der Waals surface area contributed by atoms with Crippen molar-refractivity contribution in [1.29, 1.82) is 0 Å². The molecule has 0 radical (unpaired) electrons. The number of halogens is 2. The van der Waals surface area contributed by atoms with E-state index in [9.17, 15) is 9.18 Å². The zero-order chi connectivity index (χ0) is 15.0. The Labute approximate surface area is 126 Å². The van der Waals surface area contributed by atoms with E-state index in [0.29, 0.717) is 10.9 Å². The van der Waals surface area contributed by atoms with Crippen LogP contribution in [-0.4, -0.2) is 10.4 Å². The van der Waals surface area contributed by atoms with E-state index in [0.717, 1.165) is 11.1 Å². The average molecular weight is 302 g/mol. The van der Waals surface area contributed by atoms with Gasteiger partial charge in [-0.15, -0.1) is 11.6 Å². The maximum absolute atomic E-state index is 13.5. The third-order valence-corrected chi connectivity index (χ3v) is 3.99. The zero-order valence-corrected chi connectivity index (χ0v) is 12.1. The van der Waals surface area contributed by atoms with E-state index in [1.54, 1.807) is 29.0 Å². The van der Waals surface area contributed by atoms with Crippen LogP contribution in [0.1, 0.15) is 21.3 Å². The molecule has 0 saturated heterocycles. The Morgan fingerprint density at radius 1 is 1.19 bits per heavy atom. The van der Waals surface area contributed by atoms with Gasteiger partial charge in [0.15, 0.2) is 5.78 Å². The number of carbonyl (C=O) groups excluding carboxylic acids is 1. The van der Waals surface area contributed by atoms with Crippen LogP contribution in [-0.2, 0) is 7.05 Å². The Balaban J connectivity index is 2.08. The maximum atomic E-state index is 13.5. The third kappa shape index (κ3) is 2.45. The molecular formula is C17H13ClFNO. The zero-order valence-electron chi connectivity index (χ0n) is 11.4. The van der Waals surface area contributed by atoms with Gasteiger partial charge in [-0.1, -0.05) is 30.3 Å². The molecule has 1 heterocycles. The fourth-order valence-electron chi connectivity index (χ4n) is 2.47. The second-order valence-electron chi connectivity index (χ2n) is 4.95. The van der Waals surface area contributed by atoms with Gasteiger partial charge in [-0.05, 0) is 23.8 Å². The van der Waals surface area contributed by atoms with Crippen molar-refractivity contribution in [3.63, 3.8) is 0 Å². The van der Waals surface area contributed by atoms with Crippen molar-refractivity contribution < 1.29 is 9.18 Å². The second-order valence-corrected chi connectivity index (χ2v) is 5.39. The van der Waals surface area contributed by atoms with Crippen molar-refractivity contribution in [3.8, 4) is 0 Å². The number of ketones is 1. The highest BCUT2D eigenvalue weighted by atomic mass is 35.5. The van der Waals surface area contributed by atoms with E-state index < -0.39 is 5.38 Å². The number of rotatable bonds is 3. The number of fused-ring (bicyclic) bond motifs is 1. The summed E-state index contributed by atoms with van der Waals surface area (Å²) < 4.78 is 15.3. The molecule has 1 atom stereocenters. The molecule has 0 saturated carbocycles. The summed E-state index contributed by atoms with van der Waals surface area (Å²) in [5, 5.41) is -0.191. The van der Waals surface area contributed by atoms with Gasteiger partial charge in [0.1, 0.15) is 11.2 Å². The minimum absolute atomic E-state index is 0.223.